The van der Waals surface area contributed by atoms with E-state index in [1.807, 2.05) is 30.3 Å². The van der Waals surface area contributed by atoms with Crippen molar-refractivity contribution in [1.82, 2.24) is 14.6 Å². The molecule has 3 rings (SSSR count). The summed E-state index contributed by atoms with van der Waals surface area (Å²) in [5, 5.41) is 4.28. The summed E-state index contributed by atoms with van der Waals surface area (Å²) in [7, 11) is 3.27. The Balaban J connectivity index is 2.23. The van der Waals surface area contributed by atoms with Gasteiger partial charge in [0.05, 0.1) is 26.1 Å². The molecule has 0 aliphatic rings. The van der Waals surface area contributed by atoms with Crippen LogP contribution in [-0.4, -0.2) is 28.8 Å². The number of fused-ring (bicyclic) bond motifs is 1. The molecule has 0 saturated heterocycles. The number of nitrogens with zero attached hydrogens (tertiary/aromatic N) is 3. The van der Waals surface area contributed by atoms with E-state index in [4.69, 9.17) is 9.47 Å². The van der Waals surface area contributed by atoms with Gasteiger partial charge in [-0.3, -0.25) is 0 Å². The van der Waals surface area contributed by atoms with Crippen molar-refractivity contribution in [2.24, 2.45) is 0 Å². The minimum Gasteiger partial charge on any atom is -0.497 e. The highest BCUT2D eigenvalue weighted by Gasteiger charge is 2.11. The fourth-order valence-electron chi connectivity index (χ4n) is 2.05. The van der Waals surface area contributed by atoms with Gasteiger partial charge in [0.15, 0.2) is 5.65 Å². The fourth-order valence-corrected chi connectivity index (χ4v) is 2.05. The summed E-state index contributed by atoms with van der Waals surface area (Å²) in [6, 6.07) is 9.47. The van der Waals surface area contributed by atoms with E-state index < -0.39 is 0 Å². The molecule has 2 aromatic heterocycles. The Kier molecular flexibility index (Phi) is 2.79. The zero-order valence-corrected chi connectivity index (χ0v) is 10.7. The topological polar surface area (TPSA) is 48.7 Å². The molecule has 96 valence electrons. The molecular weight excluding hydrogens is 242 g/mol. The van der Waals surface area contributed by atoms with E-state index in [0.717, 1.165) is 28.4 Å². The van der Waals surface area contributed by atoms with Gasteiger partial charge in [-0.25, -0.2) is 9.50 Å². The zero-order valence-electron chi connectivity index (χ0n) is 10.7. The second-order valence-electron chi connectivity index (χ2n) is 4.00. The summed E-state index contributed by atoms with van der Waals surface area (Å²) in [4.78, 5) is 4.25. The van der Waals surface area contributed by atoms with E-state index in [-0.39, 0.29) is 0 Å². The molecule has 0 atom stereocenters. The van der Waals surface area contributed by atoms with Crippen LogP contribution in [-0.2, 0) is 0 Å². The first-order valence-electron chi connectivity index (χ1n) is 5.84. The number of benzene rings is 1. The molecule has 5 heteroatoms. The molecule has 5 nitrogen and oxygen atoms in total. The van der Waals surface area contributed by atoms with Crippen LogP contribution < -0.4 is 9.47 Å². The van der Waals surface area contributed by atoms with Crippen molar-refractivity contribution in [3.63, 3.8) is 0 Å². The van der Waals surface area contributed by atoms with Gasteiger partial charge in [0, 0.05) is 23.9 Å². The van der Waals surface area contributed by atoms with E-state index in [1.54, 1.807) is 31.1 Å². The normalized spacial score (nSPS) is 10.6. The molecule has 1 aromatic carbocycles. The van der Waals surface area contributed by atoms with E-state index >= 15 is 0 Å². The monoisotopic (exact) mass is 255 g/mol. The first-order valence-corrected chi connectivity index (χ1v) is 5.84. The molecule has 0 saturated carbocycles. The smallest absolute Gasteiger partial charge is 0.155 e. The summed E-state index contributed by atoms with van der Waals surface area (Å²) < 4.78 is 12.4. The second kappa shape index (κ2) is 4.61. The molecular formula is C14H13N3O2. The second-order valence-corrected chi connectivity index (χ2v) is 4.00. The first kappa shape index (κ1) is 11.5. The average molecular weight is 255 g/mol. The highest BCUT2D eigenvalue weighted by Crippen LogP contribution is 2.32. The Morgan fingerprint density at radius 1 is 1.00 bits per heavy atom. The number of hydrogen-bond acceptors (Lipinski definition) is 4. The molecule has 0 unspecified atom stereocenters. The van der Waals surface area contributed by atoms with Gasteiger partial charge in [0.2, 0.25) is 0 Å². The van der Waals surface area contributed by atoms with Crippen LogP contribution in [0.4, 0.5) is 0 Å². The minimum atomic E-state index is 0.738. The molecule has 0 bridgehead atoms. The summed E-state index contributed by atoms with van der Waals surface area (Å²) in [5.74, 6) is 1.49. The Labute approximate surface area is 110 Å². The standard InChI is InChI=1S/C14H13N3O2/c1-18-10-3-4-11(13(9-10)19-2)12-5-7-15-14-6-8-16-17(12)14/h3-9H,1-2H3. The van der Waals surface area contributed by atoms with Crippen molar-refractivity contribution in [3.8, 4) is 22.8 Å². The maximum atomic E-state index is 5.43. The predicted octanol–water partition coefficient (Wildman–Crippen LogP) is 2.41. The van der Waals surface area contributed by atoms with Gasteiger partial charge in [-0.2, -0.15) is 5.10 Å². The van der Waals surface area contributed by atoms with Gasteiger partial charge < -0.3 is 9.47 Å². The van der Waals surface area contributed by atoms with Gasteiger partial charge >= 0.3 is 0 Å². The molecule has 3 aromatic rings. The van der Waals surface area contributed by atoms with Crippen molar-refractivity contribution in [3.05, 3.63) is 42.7 Å². The third-order valence-electron chi connectivity index (χ3n) is 2.97. The molecule has 0 aliphatic carbocycles. The summed E-state index contributed by atoms with van der Waals surface area (Å²) in [5.41, 5.74) is 2.67. The van der Waals surface area contributed by atoms with Crippen LogP contribution in [0.3, 0.4) is 0 Å². The molecule has 0 radical (unpaired) electrons. The van der Waals surface area contributed by atoms with E-state index in [1.165, 1.54) is 0 Å². The Morgan fingerprint density at radius 3 is 2.68 bits per heavy atom. The lowest BCUT2D eigenvalue weighted by atomic mass is 10.1. The van der Waals surface area contributed by atoms with Crippen LogP contribution >= 0.6 is 0 Å². The van der Waals surface area contributed by atoms with Crippen LogP contribution in [0.25, 0.3) is 16.9 Å². The predicted molar refractivity (Wildman–Crippen MR) is 71.5 cm³/mol. The number of ether oxygens (including phenoxy) is 2. The molecule has 0 N–H and O–H groups in total. The highest BCUT2D eigenvalue weighted by molar-refractivity contribution is 5.70. The lowest BCUT2D eigenvalue weighted by Crippen LogP contribution is -1.97. The van der Waals surface area contributed by atoms with E-state index in [2.05, 4.69) is 10.1 Å². The van der Waals surface area contributed by atoms with Crippen molar-refractivity contribution in [1.29, 1.82) is 0 Å². The summed E-state index contributed by atoms with van der Waals surface area (Å²) in [6.45, 7) is 0. The number of hydrogen-bond donors (Lipinski definition) is 0. The lowest BCUT2D eigenvalue weighted by Gasteiger charge is -2.11. The maximum Gasteiger partial charge on any atom is 0.155 e. The zero-order chi connectivity index (χ0) is 13.2. The van der Waals surface area contributed by atoms with Crippen LogP contribution in [0.2, 0.25) is 0 Å². The van der Waals surface area contributed by atoms with Gasteiger partial charge in [-0.15, -0.1) is 0 Å². The van der Waals surface area contributed by atoms with Crippen LogP contribution in [0.5, 0.6) is 11.5 Å². The lowest BCUT2D eigenvalue weighted by molar-refractivity contribution is 0.395. The third kappa shape index (κ3) is 1.89. The van der Waals surface area contributed by atoms with Gasteiger partial charge in [0.1, 0.15) is 11.5 Å². The molecule has 19 heavy (non-hydrogen) atoms. The SMILES string of the molecule is COc1ccc(-c2ccnc3ccnn23)c(OC)c1. The molecule has 0 aliphatic heterocycles. The fraction of sp³-hybridized carbons (Fsp3) is 0.143. The van der Waals surface area contributed by atoms with Crippen molar-refractivity contribution >= 4 is 5.65 Å². The van der Waals surface area contributed by atoms with Gasteiger partial charge in [-0.05, 0) is 18.2 Å². The van der Waals surface area contributed by atoms with Gasteiger partial charge in [-0.1, -0.05) is 0 Å². The third-order valence-corrected chi connectivity index (χ3v) is 2.97. The largest absolute Gasteiger partial charge is 0.497 e. The van der Waals surface area contributed by atoms with Gasteiger partial charge in [0.25, 0.3) is 0 Å². The molecule has 0 fully saturated rings. The van der Waals surface area contributed by atoms with Crippen molar-refractivity contribution in [2.45, 2.75) is 0 Å². The summed E-state index contributed by atoms with van der Waals surface area (Å²) >= 11 is 0. The van der Waals surface area contributed by atoms with Crippen LogP contribution in [0.15, 0.2) is 42.7 Å². The quantitative estimate of drug-likeness (QED) is 0.721. The molecule has 0 spiro atoms. The van der Waals surface area contributed by atoms with Crippen LogP contribution in [0, 0.1) is 0 Å². The van der Waals surface area contributed by atoms with Crippen molar-refractivity contribution in [2.75, 3.05) is 14.2 Å². The van der Waals surface area contributed by atoms with E-state index in [0.29, 0.717) is 0 Å². The molecule has 0 amide bonds. The average Bonchev–Trinajstić information content (AvgIpc) is 2.95. The highest BCUT2D eigenvalue weighted by atomic mass is 16.5. The number of rotatable bonds is 3. The summed E-state index contributed by atoms with van der Waals surface area (Å²) in [6.07, 6.45) is 3.48. The van der Waals surface area contributed by atoms with Crippen LogP contribution in [0.1, 0.15) is 0 Å². The number of methoxy groups -OCH3 is 2. The number of aromatic nitrogens is 3. The van der Waals surface area contributed by atoms with E-state index in [9.17, 15) is 0 Å². The Morgan fingerprint density at radius 2 is 1.89 bits per heavy atom. The minimum absolute atomic E-state index is 0.738. The maximum absolute atomic E-state index is 5.43. The van der Waals surface area contributed by atoms with Crippen molar-refractivity contribution < 1.29 is 9.47 Å². The first-order chi connectivity index (χ1) is 9.33. The Hall–Kier alpha value is -2.56. The molecule has 2 heterocycles. The Bertz CT molecular complexity index is 722.